The van der Waals surface area contributed by atoms with Crippen LogP contribution in [-0.4, -0.2) is 35.0 Å². The first kappa shape index (κ1) is 17.7. The van der Waals surface area contributed by atoms with Crippen molar-refractivity contribution in [2.24, 2.45) is 5.92 Å². The van der Waals surface area contributed by atoms with Crippen molar-refractivity contribution in [3.8, 4) is 0 Å². The van der Waals surface area contributed by atoms with E-state index in [1.165, 1.54) is 17.7 Å². The minimum Gasteiger partial charge on any atom is -0.354 e. The van der Waals surface area contributed by atoms with Gasteiger partial charge in [-0.3, -0.25) is 19.3 Å². The first-order valence-electron chi connectivity index (χ1n) is 8.70. The molecule has 0 aromatic heterocycles. The van der Waals surface area contributed by atoms with Crippen LogP contribution in [0.3, 0.4) is 0 Å². The molecule has 1 aliphatic carbocycles. The van der Waals surface area contributed by atoms with E-state index in [0.29, 0.717) is 23.8 Å². The van der Waals surface area contributed by atoms with Gasteiger partial charge in [-0.15, -0.1) is 0 Å². The molecule has 1 N–H and O–H groups in total. The quantitative estimate of drug-likeness (QED) is 0.791. The Morgan fingerprint density at radius 2 is 1.92 bits per heavy atom. The molecule has 1 aromatic carbocycles. The second-order valence-corrected chi connectivity index (χ2v) is 7.44. The van der Waals surface area contributed by atoms with E-state index in [-0.39, 0.29) is 23.6 Å². The highest BCUT2D eigenvalue weighted by Gasteiger charge is 2.34. The van der Waals surface area contributed by atoms with E-state index in [0.717, 1.165) is 30.2 Å². The maximum absolute atomic E-state index is 12.4. The molecule has 0 spiro atoms. The molecule has 0 bridgehead atoms. The Kier molecular flexibility index (Phi) is 5.91. The highest BCUT2D eigenvalue weighted by atomic mass is 32.2. The molecular weight excluding hydrogens is 336 g/mol. The maximum Gasteiger partial charge on any atom is 0.293 e. The van der Waals surface area contributed by atoms with Gasteiger partial charge < -0.3 is 5.32 Å². The zero-order valence-corrected chi connectivity index (χ0v) is 14.9. The third kappa shape index (κ3) is 4.72. The van der Waals surface area contributed by atoms with Crippen molar-refractivity contribution >= 4 is 34.9 Å². The average molecular weight is 358 g/mol. The van der Waals surface area contributed by atoms with E-state index >= 15 is 0 Å². The standard InChI is InChI=1S/C19H22N2O3S/c22-17(13-15-8-4-5-9-15)20-10-11-21-18(23)16(25-19(21)24)12-14-6-2-1-3-7-14/h1-3,6-7,12,15H,4-5,8-11,13H2,(H,20,22)/b16-12-. The predicted molar refractivity (Wildman–Crippen MR) is 98.7 cm³/mol. The predicted octanol–water partition coefficient (Wildman–Crippen LogP) is 3.42. The summed E-state index contributed by atoms with van der Waals surface area (Å²) in [6, 6.07) is 9.44. The largest absolute Gasteiger partial charge is 0.354 e. The Labute approximate surface area is 151 Å². The van der Waals surface area contributed by atoms with Gasteiger partial charge in [0.1, 0.15) is 0 Å². The van der Waals surface area contributed by atoms with Gasteiger partial charge in [-0.05, 0) is 42.2 Å². The number of imide groups is 1. The minimum absolute atomic E-state index is 0.0127. The monoisotopic (exact) mass is 358 g/mol. The van der Waals surface area contributed by atoms with Gasteiger partial charge in [-0.1, -0.05) is 43.2 Å². The summed E-state index contributed by atoms with van der Waals surface area (Å²) in [7, 11) is 0. The summed E-state index contributed by atoms with van der Waals surface area (Å²) < 4.78 is 0. The number of benzene rings is 1. The van der Waals surface area contributed by atoms with Gasteiger partial charge in [0.15, 0.2) is 0 Å². The molecule has 3 rings (SSSR count). The average Bonchev–Trinajstić information content (AvgIpc) is 3.19. The van der Waals surface area contributed by atoms with E-state index in [1.54, 1.807) is 6.08 Å². The molecule has 1 heterocycles. The summed E-state index contributed by atoms with van der Waals surface area (Å²) in [5, 5.41) is 2.55. The molecule has 1 saturated heterocycles. The molecule has 0 unspecified atom stereocenters. The van der Waals surface area contributed by atoms with Crippen LogP contribution in [0.25, 0.3) is 6.08 Å². The molecular formula is C19H22N2O3S. The Bertz CT molecular complexity index is 681. The number of carbonyl (C=O) groups is 3. The summed E-state index contributed by atoms with van der Waals surface area (Å²) >= 11 is 0.947. The van der Waals surface area contributed by atoms with Crippen LogP contribution in [0.15, 0.2) is 35.2 Å². The minimum atomic E-state index is -0.288. The number of rotatable bonds is 6. The van der Waals surface area contributed by atoms with Crippen molar-refractivity contribution in [2.75, 3.05) is 13.1 Å². The SMILES string of the molecule is O=C(CC1CCCC1)NCCN1C(=O)S/C(=C\c2ccccc2)C1=O. The van der Waals surface area contributed by atoms with Gasteiger partial charge in [-0.25, -0.2) is 0 Å². The molecule has 132 valence electrons. The number of nitrogens with zero attached hydrogens (tertiary/aromatic N) is 1. The lowest BCUT2D eigenvalue weighted by atomic mass is 10.0. The summed E-state index contributed by atoms with van der Waals surface area (Å²) in [6.07, 6.45) is 6.95. The van der Waals surface area contributed by atoms with Crippen LogP contribution in [0.1, 0.15) is 37.7 Å². The summed E-state index contributed by atoms with van der Waals surface area (Å²) in [4.78, 5) is 38.0. The Hall–Kier alpha value is -2.08. The fourth-order valence-electron chi connectivity index (χ4n) is 3.25. The molecule has 2 fully saturated rings. The molecule has 1 saturated carbocycles. The van der Waals surface area contributed by atoms with Crippen molar-refractivity contribution in [3.63, 3.8) is 0 Å². The fourth-order valence-corrected chi connectivity index (χ4v) is 4.11. The molecule has 0 atom stereocenters. The number of hydrogen-bond acceptors (Lipinski definition) is 4. The Morgan fingerprint density at radius 3 is 2.64 bits per heavy atom. The van der Waals surface area contributed by atoms with Crippen LogP contribution >= 0.6 is 11.8 Å². The number of amides is 3. The highest BCUT2D eigenvalue weighted by molar-refractivity contribution is 8.18. The zero-order chi connectivity index (χ0) is 17.6. The topological polar surface area (TPSA) is 66.5 Å². The van der Waals surface area contributed by atoms with Gasteiger partial charge >= 0.3 is 0 Å². The van der Waals surface area contributed by atoms with Crippen LogP contribution in [0.4, 0.5) is 4.79 Å². The summed E-state index contributed by atoms with van der Waals surface area (Å²) in [5.74, 6) is 0.216. The van der Waals surface area contributed by atoms with E-state index in [1.807, 2.05) is 30.3 Å². The zero-order valence-electron chi connectivity index (χ0n) is 14.1. The summed E-state index contributed by atoms with van der Waals surface area (Å²) in [6.45, 7) is 0.523. The van der Waals surface area contributed by atoms with Crippen LogP contribution in [0, 0.1) is 5.92 Å². The highest BCUT2D eigenvalue weighted by Crippen LogP contribution is 2.32. The molecule has 2 aliphatic rings. The van der Waals surface area contributed by atoms with Crippen molar-refractivity contribution in [3.05, 3.63) is 40.8 Å². The lowest BCUT2D eigenvalue weighted by Crippen LogP contribution is -2.37. The van der Waals surface area contributed by atoms with Gasteiger partial charge in [0.05, 0.1) is 4.91 Å². The smallest absolute Gasteiger partial charge is 0.293 e. The molecule has 0 radical (unpaired) electrons. The number of carbonyl (C=O) groups excluding carboxylic acids is 3. The second-order valence-electron chi connectivity index (χ2n) is 6.45. The lowest BCUT2D eigenvalue weighted by Gasteiger charge is -2.14. The summed E-state index contributed by atoms with van der Waals surface area (Å²) in [5.41, 5.74) is 0.887. The van der Waals surface area contributed by atoms with E-state index in [9.17, 15) is 14.4 Å². The normalized spacial score (nSPS) is 19.8. The number of hydrogen-bond donors (Lipinski definition) is 1. The van der Waals surface area contributed by atoms with Gasteiger partial charge in [0.25, 0.3) is 11.1 Å². The fraction of sp³-hybridized carbons (Fsp3) is 0.421. The third-order valence-corrected chi connectivity index (χ3v) is 5.48. The van der Waals surface area contributed by atoms with E-state index in [4.69, 9.17) is 0 Å². The van der Waals surface area contributed by atoms with Crippen LogP contribution in [0.5, 0.6) is 0 Å². The van der Waals surface area contributed by atoms with E-state index in [2.05, 4.69) is 5.32 Å². The van der Waals surface area contributed by atoms with Gasteiger partial charge in [0, 0.05) is 19.5 Å². The first-order valence-corrected chi connectivity index (χ1v) is 9.52. The lowest BCUT2D eigenvalue weighted by molar-refractivity contribution is -0.124. The maximum atomic E-state index is 12.4. The molecule has 25 heavy (non-hydrogen) atoms. The van der Waals surface area contributed by atoms with Gasteiger partial charge in [-0.2, -0.15) is 0 Å². The van der Waals surface area contributed by atoms with Crippen LogP contribution in [0.2, 0.25) is 0 Å². The number of nitrogens with one attached hydrogen (secondary N) is 1. The van der Waals surface area contributed by atoms with Gasteiger partial charge in [0.2, 0.25) is 5.91 Å². The molecule has 1 aromatic rings. The Balaban J connectivity index is 1.49. The van der Waals surface area contributed by atoms with Crippen molar-refractivity contribution < 1.29 is 14.4 Å². The molecule has 3 amide bonds. The molecule has 6 heteroatoms. The molecule has 1 aliphatic heterocycles. The first-order chi connectivity index (χ1) is 12.1. The van der Waals surface area contributed by atoms with Crippen LogP contribution < -0.4 is 5.32 Å². The van der Waals surface area contributed by atoms with E-state index < -0.39 is 0 Å². The molecule has 5 nitrogen and oxygen atoms in total. The number of thioether (sulfide) groups is 1. The van der Waals surface area contributed by atoms with Crippen molar-refractivity contribution in [2.45, 2.75) is 32.1 Å². The van der Waals surface area contributed by atoms with Crippen molar-refractivity contribution in [1.82, 2.24) is 10.2 Å². The van der Waals surface area contributed by atoms with Crippen molar-refractivity contribution in [1.29, 1.82) is 0 Å². The third-order valence-electron chi connectivity index (χ3n) is 4.58. The van der Waals surface area contributed by atoms with Crippen LogP contribution in [-0.2, 0) is 9.59 Å². The Morgan fingerprint density at radius 1 is 1.20 bits per heavy atom. The second kappa shape index (κ2) is 8.34.